The van der Waals surface area contributed by atoms with Crippen LogP contribution in [0.2, 0.25) is 5.02 Å². The van der Waals surface area contributed by atoms with Crippen molar-refractivity contribution in [1.29, 1.82) is 0 Å². The molecule has 1 saturated carbocycles. The Morgan fingerprint density at radius 3 is 3.10 bits per heavy atom. The average Bonchev–Trinajstić information content (AvgIpc) is 2.81. The summed E-state index contributed by atoms with van der Waals surface area (Å²) < 4.78 is 5.38. The molecule has 5 heteroatoms. The van der Waals surface area contributed by atoms with E-state index in [1.165, 1.54) is 25.7 Å². The largest absolute Gasteiger partial charge is 0.495 e. The maximum absolute atomic E-state index is 6.08. The second-order valence-corrected chi connectivity index (χ2v) is 7.50. The Labute approximate surface area is 135 Å². The van der Waals surface area contributed by atoms with Crippen LogP contribution in [0.15, 0.2) is 23.2 Å². The van der Waals surface area contributed by atoms with Crippen LogP contribution in [0.3, 0.4) is 0 Å². The number of hydrogen-bond acceptors (Lipinski definition) is 4. The molecular formula is C16H21ClN2OS. The van der Waals surface area contributed by atoms with Crippen LogP contribution in [0, 0.1) is 5.92 Å². The fourth-order valence-electron chi connectivity index (χ4n) is 3.30. The number of aliphatic imine (C=N–C) groups is 1. The van der Waals surface area contributed by atoms with Crippen LogP contribution in [-0.4, -0.2) is 23.6 Å². The van der Waals surface area contributed by atoms with E-state index in [0.717, 1.165) is 28.3 Å². The molecule has 0 aromatic heterocycles. The molecule has 1 N–H and O–H groups in total. The van der Waals surface area contributed by atoms with Gasteiger partial charge in [0.15, 0.2) is 5.17 Å². The third kappa shape index (κ3) is 3.32. The molecule has 1 aliphatic carbocycles. The summed E-state index contributed by atoms with van der Waals surface area (Å²) in [5.41, 5.74) is 1.04. The molecule has 2 aliphatic rings. The van der Waals surface area contributed by atoms with E-state index in [1.807, 2.05) is 30.0 Å². The molecule has 0 amide bonds. The van der Waals surface area contributed by atoms with Crippen LogP contribution in [-0.2, 0) is 0 Å². The Kier molecular flexibility index (Phi) is 4.36. The number of ether oxygens (including phenoxy) is 1. The summed E-state index contributed by atoms with van der Waals surface area (Å²) in [6.45, 7) is 2.34. The number of anilines is 1. The number of nitrogens with one attached hydrogen (secondary N) is 1. The molecule has 1 spiro atoms. The van der Waals surface area contributed by atoms with E-state index in [1.54, 1.807) is 7.11 Å². The summed E-state index contributed by atoms with van der Waals surface area (Å²) in [6.07, 6.45) is 5.05. The Balaban J connectivity index is 1.78. The fourth-order valence-corrected chi connectivity index (χ4v) is 4.65. The normalized spacial score (nSPS) is 28.5. The van der Waals surface area contributed by atoms with E-state index >= 15 is 0 Å². The third-order valence-electron chi connectivity index (χ3n) is 4.29. The second kappa shape index (κ2) is 6.09. The Morgan fingerprint density at radius 2 is 2.33 bits per heavy atom. The first kappa shape index (κ1) is 15.0. The van der Waals surface area contributed by atoms with Crippen molar-refractivity contribution in [2.45, 2.75) is 38.1 Å². The minimum Gasteiger partial charge on any atom is -0.495 e. The van der Waals surface area contributed by atoms with Crippen molar-refractivity contribution in [3.05, 3.63) is 23.2 Å². The van der Waals surface area contributed by atoms with Crippen molar-refractivity contribution in [3.63, 3.8) is 0 Å². The molecule has 21 heavy (non-hydrogen) atoms. The molecule has 0 bridgehead atoms. The molecule has 2 atom stereocenters. The zero-order chi connectivity index (χ0) is 14.9. The molecule has 3 rings (SSSR count). The molecular weight excluding hydrogens is 304 g/mol. The number of thioether (sulfide) groups is 1. The second-order valence-electron chi connectivity index (χ2n) is 6.10. The molecule has 1 aromatic carbocycles. The minimum absolute atomic E-state index is 0.149. The molecule has 3 nitrogen and oxygen atoms in total. The molecule has 1 heterocycles. The molecule has 114 valence electrons. The summed E-state index contributed by atoms with van der Waals surface area (Å²) in [5.74, 6) is 2.66. The number of nitrogens with zero attached hydrogens (tertiary/aromatic N) is 1. The standard InChI is InChI=1S/C16H21ClN2OS/c1-11-4-3-7-16(9-11)10-21-15(19-16)18-13-8-12(17)5-6-14(13)20-2/h5-6,8,11H,3-4,7,9-10H2,1-2H3,(H,18,19). The molecule has 1 aliphatic heterocycles. The predicted molar refractivity (Wildman–Crippen MR) is 91.9 cm³/mol. The van der Waals surface area contributed by atoms with Crippen LogP contribution in [0.25, 0.3) is 0 Å². The van der Waals surface area contributed by atoms with Gasteiger partial charge in [0.2, 0.25) is 0 Å². The SMILES string of the molecule is COc1ccc(Cl)cc1NC1=NC2(CCCC(C)C2)CS1. The number of rotatable bonds is 2. The van der Waals surface area contributed by atoms with Gasteiger partial charge < -0.3 is 10.1 Å². The number of methoxy groups -OCH3 is 1. The van der Waals surface area contributed by atoms with Gasteiger partial charge in [0, 0.05) is 10.8 Å². The highest BCUT2D eigenvalue weighted by molar-refractivity contribution is 8.14. The predicted octanol–water partition coefficient (Wildman–Crippen LogP) is 4.81. The highest BCUT2D eigenvalue weighted by Crippen LogP contribution is 2.42. The average molecular weight is 325 g/mol. The first-order valence-corrected chi connectivity index (χ1v) is 8.80. The number of amidine groups is 1. The van der Waals surface area contributed by atoms with Crippen molar-refractivity contribution in [1.82, 2.24) is 0 Å². The van der Waals surface area contributed by atoms with Gasteiger partial charge in [-0.2, -0.15) is 0 Å². The van der Waals surface area contributed by atoms with Crippen molar-refractivity contribution < 1.29 is 4.74 Å². The lowest BCUT2D eigenvalue weighted by atomic mass is 9.78. The topological polar surface area (TPSA) is 33.6 Å². The summed E-state index contributed by atoms with van der Waals surface area (Å²) >= 11 is 7.89. The monoisotopic (exact) mass is 324 g/mol. The van der Waals surface area contributed by atoms with Crippen molar-refractivity contribution in [3.8, 4) is 5.75 Å². The van der Waals surface area contributed by atoms with Gasteiger partial charge in [0.25, 0.3) is 0 Å². The van der Waals surface area contributed by atoms with Gasteiger partial charge in [0.1, 0.15) is 5.75 Å². The number of halogens is 1. The van der Waals surface area contributed by atoms with Crippen molar-refractivity contribution in [2.24, 2.45) is 10.9 Å². The minimum atomic E-state index is 0.149. The van der Waals surface area contributed by atoms with E-state index in [4.69, 9.17) is 21.3 Å². The van der Waals surface area contributed by atoms with Gasteiger partial charge in [-0.1, -0.05) is 43.1 Å². The Hall–Kier alpha value is -0.870. The van der Waals surface area contributed by atoms with Gasteiger partial charge in [-0.3, -0.25) is 4.99 Å². The highest BCUT2D eigenvalue weighted by atomic mass is 35.5. The molecule has 1 aromatic rings. The van der Waals surface area contributed by atoms with Crippen molar-refractivity contribution >= 4 is 34.2 Å². The van der Waals surface area contributed by atoms with E-state index in [-0.39, 0.29) is 5.54 Å². The summed E-state index contributed by atoms with van der Waals surface area (Å²) in [7, 11) is 1.67. The van der Waals surface area contributed by atoms with Crippen LogP contribution >= 0.6 is 23.4 Å². The smallest absolute Gasteiger partial charge is 0.161 e. The highest BCUT2D eigenvalue weighted by Gasteiger charge is 2.39. The fraction of sp³-hybridized carbons (Fsp3) is 0.562. The lowest BCUT2D eigenvalue weighted by Crippen LogP contribution is -2.33. The summed E-state index contributed by atoms with van der Waals surface area (Å²) in [6, 6.07) is 5.60. The maximum Gasteiger partial charge on any atom is 0.161 e. The number of hydrogen-bond donors (Lipinski definition) is 1. The summed E-state index contributed by atoms with van der Waals surface area (Å²) in [4.78, 5) is 5.00. The zero-order valence-corrected chi connectivity index (χ0v) is 14.1. The first-order valence-electron chi connectivity index (χ1n) is 7.43. The number of benzene rings is 1. The van der Waals surface area contributed by atoms with E-state index < -0.39 is 0 Å². The van der Waals surface area contributed by atoms with Gasteiger partial charge >= 0.3 is 0 Å². The van der Waals surface area contributed by atoms with Crippen LogP contribution < -0.4 is 10.1 Å². The third-order valence-corrected chi connectivity index (χ3v) is 5.67. The lowest BCUT2D eigenvalue weighted by molar-refractivity contribution is 0.266. The van der Waals surface area contributed by atoms with Crippen LogP contribution in [0.4, 0.5) is 5.69 Å². The van der Waals surface area contributed by atoms with E-state index in [9.17, 15) is 0 Å². The maximum atomic E-state index is 6.08. The van der Waals surface area contributed by atoms with E-state index in [2.05, 4.69) is 12.2 Å². The van der Waals surface area contributed by atoms with Crippen molar-refractivity contribution in [2.75, 3.05) is 18.2 Å². The van der Waals surface area contributed by atoms with Gasteiger partial charge in [-0.25, -0.2) is 0 Å². The Bertz CT molecular complexity index is 563. The molecule has 0 saturated heterocycles. The molecule has 1 fully saturated rings. The van der Waals surface area contributed by atoms with Gasteiger partial charge in [-0.05, 0) is 37.0 Å². The van der Waals surface area contributed by atoms with Crippen LogP contribution in [0.5, 0.6) is 5.75 Å². The van der Waals surface area contributed by atoms with Gasteiger partial charge in [0.05, 0.1) is 18.3 Å². The zero-order valence-electron chi connectivity index (χ0n) is 12.5. The Morgan fingerprint density at radius 1 is 1.48 bits per heavy atom. The molecule has 0 radical (unpaired) electrons. The van der Waals surface area contributed by atoms with Crippen LogP contribution in [0.1, 0.15) is 32.6 Å². The molecule has 2 unspecified atom stereocenters. The van der Waals surface area contributed by atoms with Gasteiger partial charge in [-0.15, -0.1) is 0 Å². The van der Waals surface area contributed by atoms with E-state index in [0.29, 0.717) is 5.02 Å². The first-order chi connectivity index (χ1) is 10.1. The quantitative estimate of drug-likeness (QED) is 0.847. The lowest BCUT2D eigenvalue weighted by Gasteiger charge is -2.33. The summed E-state index contributed by atoms with van der Waals surface area (Å²) in [5, 5.41) is 5.08.